The van der Waals surface area contributed by atoms with Crippen LogP contribution >= 0.6 is 27.5 Å². The van der Waals surface area contributed by atoms with Crippen LogP contribution in [0.5, 0.6) is 0 Å². The van der Waals surface area contributed by atoms with Crippen LogP contribution in [0.2, 0.25) is 5.02 Å². The van der Waals surface area contributed by atoms with Gasteiger partial charge in [-0.25, -0.2) is 4.79 Å². The van der Waals surface area contributed by atoms with Gasteiger partial charge in [0.05, 0.1) is 11.3 Å². The molecule has 0 saturated carbocycles. The number of rotatable bonds is 4. The van der Waals surface area contributed by atoms with Gasteiger partial charge in [-0.3, -0.25) is 4.79 Å². The van der Waals surface area contributed by atoms with Gasteiger partial charge >= 0.3 is 5.97 Å². The predicted octanol–water partition coefficient (Wildman–Crippen LogP) is 3.36. The Labute approximate surface area is 138 Å². The van der Waals surface area contributed by atoms with E-state index >= 15 is 0 Å². The topological polar surface area (TPSA) is 92.3 Å². The van der Waals surface area contributed by atoms with Gasteiger partial charge in [0.2, 0.25) is 5.76 Å². The first-order chi connectivity index (χ1) is 10.5. The number of nitriles is 1. The fourth-order valence-electron chi connectivity index (χ4n) is 1.53. The highest BCUT2D eigenvalue weighted by atomic mass is 79.9. The largest absolute Gasteiger partial charge is 0.450 e. The fraction of sp³-hybridized carbons (Fsp3) is 0.0714. The summed E-state index contributed by atoms with van der Waals surface area (Å²) in [7, 11) is 0. The smallest absolute Gasteiger partial charge is 0.374 e. The summed E-state index contributed by atoms with van der Waals surface area (Å²) in [6.07, 6.45) is 0. The van der Waals surface area contributed by atoms with Crippen LogP contribution in [-0.2, 0) is 9.53 Å². The lowest BCUT2D eigenvalue weighted by molar-refractivity contribution is -0.119. The number of halogens is 2. The van der Waals surface area contributed by atoms with E-state index in [9.17, 15) is 9.59 Å². The molecule has 0 radical (unpaired) electrons. The van der Waals surface area contributed by atoms with Gasteiger partial charge in [-0.15, -0.1) is 0 Å². The summed E-state index contributed by atoms with van der Waals surface area (Å²) in [4.78, 5) is 23.4. The molecule has 0 aliphatic heterocycles. The van der Waals surface area contributed by atoms with Crippen molar-refractivity contribution in [2.24, 2.45) is 0 Å². The maximum absolute atomic E-state index is 11.8. The van der Waals surface area contributed by atoms with Gasteiger partial charge < -0.3 is 14.5 Å². The summed E-state index contributed by atoms with van der Waals surface area (Å²) in [5, 5.41) is 11.8. The summed E-state index contributed by atoms with van der Waals surface area (Å²) in [5.41, 5.74) is 0.496. The molecule has 1 heterocycles. The van der Waals surface area contributed by atoms with E-state index in [0.717, 1.165) is 0 Å². The Bertz CT molecular complexity index is 766. The van der Waals surface area contributed by atoms with Crippen LogP contribution in [0.3, 0.4) is 0 Å². The van der Waals surface area contributed by atoms with Gasteiger partial charge in [0.25, 0.3) is 5.91 Å². The van der Waals surface area contributed by atoms with Crippen molar-refractivity contribution in [2.75, 3.05) is 11.9 Å². The van der Waals surface area contributed by atoms with E-state index in [-0.39, 0.29) is 17.0 Å². The summed E-state index contributed by atoms with van der Waals surface area (Å²) in [6, 6.07) is 9.30. The molecule has 0 fully saturated rings. The molecule has 1 amide bonds. The van der Waals surface area contributed by atoms with Crippen LogP contribution in [0.25, 0.3) is 0 Å². The zero-order chi connectivity index (χ0) is 16.1. The average Bonchev–Trinajstić information content (AvgIpc) is 2.92. The van der Waals surface area contributed by atoms with Gasteiger partial charge in [0, 0.05) is 5.02 Å². The van der Waals surface area contributed by atoms with E-state index in [4.69, 9.17) is 26.0 Å². The maximum atomic E-state index is 11.8. The predicted molar refractivity (Wildman–Crippen MR) is 81.5 cm³/mol. The number of nitrogens with zero attached hydrogens (tertiary/aromatic N) is 1. The van der Waals surface area contributed by atoms with Gasteiger partial charge in [-0.1, -0.05) is 11.6 Å². The number of carbonyl (C=O) groups excluding carboxylic acids is 2. The molecule has 0 unspecified atom stereocenters. The monoisotopic (exact) mass is 382 g/mol. The molecule has 2 aromatic rings. The van der Waals surface area contributed by atoms with Crippen LogP contribution in [0.1, 0.15) is 16.1 Å². The second-order valence-electron chi connectivity index (χ2n) is 4.03. The molecule has 112 valence electrons. The minimum atomic E-state index is -0.771. The number of hydrogen-bond donors (Lipinski definition) is 1. The van der Waals surface area contributed by atoms with Crippen molar-refractivity contribution in [3.63, 3.8) is 0 Å². The number of ether oxygens (including phenoxy) is 1. The second-order valence-corrected chi connectivity index (χ2v) is 5.25. The highest BCUT2D eigenvalue weighted by Gasteiger charge is 2.15. The number of nitrogens with one attached hydrogen (secondary N) is 1. The average molecular weight is 384 g/mol. The molecule has 22 heavy (non-hydrogen) atoms. The lowest BCUT2D eigenvalue weighted by Gasteiger charge is -2.07. The van der Waals surface area contributed by atoms with Crippen molar-refractivity contribution in [1.82, 2.24) is 0 Å². The van der Waals surface area contributed by atoms with E-state index in [1.165, 1.54) is 30.3 Å². The van der Waals surface area contributed by atoms with Crippen LogP contribution in [0.15, 0.2) is 39.4 Å². The van der Waals surface area contributed by atoms with Crippen molar-refractivity contribution in [2.45, 2.75) is 0 Å². The third-order valence-corrected chi connectivity index (χ3v) is 3.15. The molecule has 0 aliphatic carbocycles. The second kappa shape index (κ2) is 7.11. The number of carbonyl (C=O) groups is 2. The molecule has 8 heteroatoms. The molecule has 6 nitrogen and oxygen atoms in total. The normalized spacial score (nSPS) is 9.86. The van der Waals surface area contributed by atoms with Crippen LogP contribution in [-0.4, -0.2) is 18.5 Å². The van der Waals surface area contributed by atoms with E-state index in [0.29, 0.717) is 9.69 Å². The zero-order valence-corrected chi connectivity index (χ0v) is 13.3. The van der Waals surface area contributed by atoms with Crippen molar-refractivity contribution >= 4 is 45.1 Å². The van der Waals surface area contributed by atoms with E-state index in [1.54, 1.807) is 0 Å². The molecular formula is C14H8BrClN2O4. The van der Waals surface area contributed by atoms with E-state index in [2.05, 4.69) is 21.2 Å². The Morgan fingerprint density at radius 1 is 1.36 bits per heavy atom. The number of esters is 1. The molecule has 2 rings (SSSR count). The highest BCUT2D eigenvalue weighted by molar-refractivity contribution is 9.10. The quantitative estimate of drug-likeness (QED) is 0.817. The molecule has 0 bridgehead atoms. The number of anilines is 1. The molecule has 0 spiro atoms. The molecule has 0 saturated heterocycles. The zero-order valence-electron chi connectivity index (χ0n) is 10.9. The summed E-state index contributed by atoms with van der Waals surface area (Å²) >= 11 is 8.85. The minimum Gasteiger partial charge on any atom is -0.450 e. The summed E-state index contributed by atoms with van der Waals surface area (Å²) < 4.78 is 10.2. The minimum absolute atomic E-state index is 0.0276. The third kappa shape index (κ3) is 4.10. The number of benzene rings is 1. The van der Waals surface area contributed by atoms with Crippen molar-refractivity contribution in [3.05, 3.63) is 51.3 Å². The molecule has 1 N–H and O–H groups in total. The Morgan fingerprint density at radius 2 is 2.14 bits per heavy atom. The van der Waals surface area contributed by atoms with Crippen molar-refractivity contribution < 1.29 is 18.7 Å². The van der Waals surface area contributed by atoms with Gasteiger partial charge in [0.1, 0.15) is 6.07 Å². The molecule has 0 aliphatic rings. The van der Waals surface area contributed by atoms with E-state index in [1.807, 2.05) is 6.07 Å². The lowest BCUT2D eigenvalue weighted by Crippen LogP contribution is -2.21. The standard InChI is InChI=1S/C14H8BrClN2O4/c15-12-4-3-11(22-12)14(20)21-7-13(19)18-10-5-9(16)2-1-8(10)6-17/h1-5H,7H2,(H,18,19). The molecule has 0 atom stereocenters. The molecular weight excluding hydrogens is 376 g/mol. The van der Waals surface area contributed by atoms with Crippen molar-refractivity contribution in [1.29, 1.82) is 5.26 Å². The summed E-state index contributed by atoms with van der Waals surface area (Å²) in [6.45, 7) is -0.519. The van der Waals surface area contributed by atoms with Crippen LogP contribution < -0.4 is 5.32 Å². The number of hydrogen-bond acceptors (Lipinski definition) is 5. The van der Waals surface area contributed by atoms with Gasteiger partial charge in [0.15, 0.2) is 11.3 Å². The first-order valence-electron chi connectivity index (χ1n) is 5.91. The Kier molecular flexibility index (Phi) is 5.20. The van der Waals surface area contributed by atoms with Gasteiger partial charge in [-0.2, -0.15) is 5.26 Å². The molecule has 1 aromatic carbocycles. The highest BCUT2D eigenvalue weighted by Crippen LogP contribution is 2.20. The Morgan fingerprint density at radius 3 is 2.77 bits per heavy atom. The number of amides is 1. The summed E-state index contributed by atoms with van der Waals surface area (Å²) in [5.74, 6) is -1.40. The lowest BCUT2D eigenvalue weighted by atomic mass is 10.2. The fourth-order valence-corrected chi connectivity index (χ4v) is 2.01. The van der Waals surface area contributed by atoms with E-state index < -0.39 is 18.5 Å². The third-order valence-electron chi connectivity index (χ3n) is 2.48. The number of furan rings is 1. The maximum Gasteiger partial charge on any atom is 0.374 e. The molecule has 1 aromatic heterocycles. The van der Waals surface area contributed by atoms with Crippen molar-refractivity contribution in [3.8, 4) is 6.07 Å². The first kappa shape index (κ1) is 16.1. The van der Waals surface area contributed by atoms with Gasteiger partial charge in [-0.05, 0) is 46.3 Å². The first-order valence-corrected chi connectivity index (χ1v) is 7.08. The Balaban J connectivity index is 1.95. The van der Waals surface area contributed by atoms with Crippen LogP contribution in [0, 0.1) is 11.3 Å². The van der Waals surface area contributed by atoms with Crippen LogP contribution in [0.4, 0.5) is 5.69 Å². The Hall–Kier alpha value is -2.30. The SMILES string of the molecule is N#Cc1ccc(Cl)cc1NC(=O)COC(=O)c1ccc(Br)o1.